The van der Waals surface area contributed by atoms with Crippen molar-refractivity contribution in [2.45, 2.75) is 24.9 Å². The van der Waals surface area contributed by atoms with Crippen LogP contribution in [0.3, 0.4) is 0 Å². The Morgan fingerprint density at radius 3 is 2.79 bits per heavy atom. The molecule has 1 aromatic rings. The molecule has 106 valence electrons. The maximum absolute atomic E-state index is 10.5. The van der Waals surface area contributed by atoms with Gasteiger partial charge in [-0.25, -0.2) is 0 Å². The number of benzene rings is 1. The molecule has 1 heterocycles. The molecule has 1 aromatic carbocycles. The molecule has 1 saturated heterocycles. The summed E-state index contributed by atoms with van der Waals surface area (Å²) in [6.07, 6.45) is 1.40. The molecule has 5 heteroatoms. The van der Waals surface area contributed by atoms with Crippen LogP contribution in [0, 0.1) is 5.92 Å². The predicted molar refractivity (Wildman–Crippen MR) is 77.8 cm³/mol. The third-order valence-corrected chi connectivity index (χ3v) is 4.27. The second kappa shape index (κ2) is 6.91. The van der Waals surface area contributed by atoms with Crippen LogP contribution in [0.1, 0.15) is 24.3 Å². The highest BCUT2D eigenvalue weighted by Gasteiger charge is 2.30. The first-order valence-electron chi connectivity index (χ1n) is 6.54. The maximum atomic E-state index is 10.5. The van der Waals surface area contributed by atoms with Gasteiger partial charge in [0.2, 0.25) is 0 Å². The van der Waals surface area contributed by atoms with Crippen molar-refractivity contribution in [3.63, 3.8) is 0 Å². The molecule has 0 aliphatic carbocycles. The number of nitrogens with two attached hydrogens (primary N) is 1. The number of ether oxygens (including phenoxy) is 1. The summed E-state index contributed by atoms with van der Waals surface area (Å²) in [5.74, 6) is -0.0643. The highest BCUT2D eigenvalue weighted by molar-refractivity contribution is 6.35. The minimum absolute atomic E-state index is 0.119. The average Bonchev–Trinajstić information content (AvgIpc) is 2.42. The van der Waals surface area contributed by atoms with Gasteiger partial charge in [0.05, 0.1) is 12.7 Å². The normalized spacial score (nSPS) is 23.1. The summed E-state index contributed by atoms with van der Waals surface area (Å²) >= 11 is 12.1. The van der Waals surface area contributed by atoms with E-state index in [9.17, 15) is 5.11 Å². The van der Waals surface area contributed by atoms with Crippen molar-refractivity contribution in [3.8, 4) is 0 Å². The average molecular weight is 304 g/mol. The van der Waals surface area contributed by atoms with Crippen LogP contribution in [0.25, 0.3) is 0 Å². The predicted octanol–water partition coefficient (Wildman–Crippen LogP) is 2.82. The zero-order chi connectivity index (χ0) is 13.8. The molecule has 3 atom stereocenters. The third kappa shape index (κ3) is 3.61. The molecule has 3 nitrogen and oxygen atoms in total. The molecular formula is C14H19Cl2NO2. The first kappa shape index (κ1) is 15.1. The molecule has 1 aliphatic rings. The van der Waals surface area contributed by atoms with Gasteiger partial charge in [-0.3, -0.25) is 0 Å². The Morgan fingerprint density at radius 2 is 2.21 bits per heavy atom. The van der Waals surface area contributed by atoms with Gasteiger partial charge in [-0.05, 0) is 30.5 Å². The number of rotatable bonds is 4. The van der Waals surface area contributed by atoms with Crippen LogP contribution in [0.4, 0.5) is 0 Å². The second-order valence-electron chi connectivity index (χ2n) is 4.98. The Bertz CT molecular complexity index is 422. The molecule has 0 radical (unpaired) electrons. The number of aliphatic hydroxyl groups is 1. The number of halogens is 2. The molecule has 0 aromatic heterocycles. The molecule has 19 heavy (non-hydrogen) atoms. The van der Waals surface area contributed by atoms with E-state index in [0.29, 0.717) is 23.2 Å². The van der Waals surface area contributed by atoms with E-state index in [4.69, 9.17) is 33.7 Å². The number of hydrogen-bond donors (Lipinski definition) is 2. The summed E-state index contributed by atoms with van der Waals surface area (Å²) in [4.78, 5) is 0. The topological polar surface area (TPSA) is 55.5 Å². The molecule has 1 aliphatic heterocycles. The number of hydrogen-bond acceptors (Lipinski definition) is 3. The highest BCUT2D eigenvalue weighted by atomic mass is 35.5. The summed E-state index contributed by atoms with van der Waals surface area (Å²) in [6.45, 7) is 1.71. The quantitative estimate of drug-likeness (QED) is 0.899. The smallest absolute Gasteiger partial charge is 0.0671 e. The van der Waals surface area contributed by atoms with E-state index in [0.717, 1.165) is 25.0 Å². The summed E-state index contributed by atoms with van der Waals surface area (Å²) in [5.41, 5.74) is 6.68. The van der Waals surface area contributed by atoms with Gasteiger partial charge in [-0.2, -0.15) is 0 Å². The molecule has 2 rings (SSSR count). The van der Waals surface area contributed by atoms with E-state index >= 15 is 0 Å². The van der Waals surface area contributed by atoms with Gasteiger partial charge in [0.1, 0.15) is 0 Å². The van der Waals surface area contributed by atoms with Crippen LogP contribution in [-0.4, -0.2) is 31.0 Å². The number of aliphatic hydroxyl groups excluding tert-OH is 1. The SMILES string of the molecule is NCC(c1ccc(Cl)cc1Cl)C(O)C1CCCOC1. The molecule has 1 fully saturated rings. The van der Waals surface area contributed by atoms with Gasteiger partial charge in [-0.15, -0.1) is 0 Å². The lowest BCUT2D eigenvalue weighted by Crippen LogP contribution is -2.36. The van der Waals surface area contributed by atoms with Gasteiger partial charge < -0.3 is 15.6 Å². The van der Waals surface area contributed by atoms with Crippen LogP contribution < -0.4 is 5.73 Å². The Kier molecular flexibility index (Phi) is 5.48. The fourth-order valence-corrected chi connectivity index (χ4v) is 3.16. The van der Waals surface area contributed by atoms with Crippen molar-refractivity contribution in [2.75, 3.05) is 19.8 Å². The van der Waals surface area contributed by atoms with Crippen molar-refractivity contribution < 1.29 is 9.84 Å². The maximum Gasteiger partial charge on any atom is 0.0671 e. The van der Waals surface area contributed by atoms with Gasteiger partial charge >= 0.3 is 0 Å². The Morgan fingerprint density at radius 1 is 1.42 bits per heavy atom. The lowest BCUT2D eigenvalue weighted by molar-refractivity contribution is -0.0184. The zero-order valence-electron chi connectivity index (χ0n) is 10.7. The van der Waals surface area contributed by atoms with Crippen LogP contribution in [0.15, 0.2) is 18.2 Å². The van der Waals surface area contributed by atoms with E-state index in [1.54, 1.807) is 12.1 Å². The van der Waals surface area contributed by atoms with Gasteiger partial charge in [0, 0.05) is 35.0 Å². The van der Waals surface area contributed by atoms with Gasteiger partial charge in [-0.1, -0.05) is 29.3 Å². The Labute approximate surface area is 123 Å². The molecule has 0 bridgehead atoms. The van der Waals surface area contributed by atoms with Crippen molar-refractivity contribution in [1.29, 1.82) is 0 Å². The molecule has 3 N–H and O–H groups in total. The van der Waals surface area contributed by atoms with Crippen molar-refractivity contribution in [3.05, 3.63) is 33.8 Å². The minimum Gasteiger partial charge on any atom is -0.392 e. The Balaban J connectivity index is 2.18. The zero-order valence-corrected chi connectivity index (χ0v) is 12.2. The molecule has 0 amide bonds. The molecule has 0 spiro atoms. The van der Waals surface area contributed by atoms with Crippen LogP contribution in [0.2, 0.25) is 10.0 Å². The largest absolute Gasteiger partial charge is 0.392 e. The lowest BCUT2D eigenvalue weighted by Gasteiger charge is -2.32. The Hall–Kier alpha value is -0.320. The molecular weight excluding hydrogens is 285 g/mol. The van der Waals surface area contributed by atoms with Crippen LogP contribution >= 0.6 is 23.2 Å². The molecule has 0 saturated carbocycles. The van der Waals surface area contributed by atoms with E-state index in [1.165, 1.54) is 0 Å². The second-order valence-corrected chi connectivity index (χ2v) is 5.82. The van der Waals surface area contributed by atoms with E-state index in [2.05, 4.69) is 0 Å². The van der Waals surface area contributed by atoms with Crippen molar-refractivity contribution >= 4 is 23.2 Å². The summed E-state index contributed by atoms with van der Waals surface area (Å²) < 4.78 is 5.43. The van der Waals surface area contributed by atoms with Crippen molar-refractivity contribution in [1.82, 2.24) is 0 Å². The monoisotopic (exact) mass is 303 g/mol. The van der Waals surface area contributed by atoms with Crippen LogP contribution in [-0.2, 0) is 4.74 Å². The fourth-order valence-electron chi connectivity index (χ4n) is 2.62. The van der Waals surface area contributed by atoms with Gasteiger partial charge in [0.15, 0.2) is 0 Å². The third-order valence-electron chi connectivity index (χ3n) is 3.71. The summed E-state index contributed by atoms with van der Waals surface area (Å²) in [5, 5.41) is 11.7. The van der Waals surface area contributed by atoms with Gasteiger partial charge in [0.25, 0.3) is 0 Å². The van der Waals surface area contributed by atoms with E-state index < -0.39 is 6.10 Å². The first-order chi connectivity index (χ1) is 9.13. The summed E-state index contributed by atoms with van der Waals surface area (Å²) in [6, 6.07) is 5.30. The first-order valence-corrected chi connectivity index (χ1v) is 7.30. The minimum atomic E-state index is -0.538. The van der Waals surface area contributed by atoms with E-state index in [1.807, 2.05) is 6.07 Å². The summed E-state index contributed by atoms with van der Waals surface area (Å²) in [7, 11) is 0. The lowest BCUT2D eigenvalue weighted by atomic mass is 9.83. The van der Waals surface area contributed by atoms with Crippen LogP contribution in [0.5, 0.6) is 0 Å². The highest BCUT2D eigenvalue weighted by Crippen LogP contribution is 2.33. The van der Waals surface area contributed by atoms with Crippen molar-refractivity contribution in [2.24, 2.45) is 11.7 Å². The fraction of sp³-hybridized carbons (Fsp3) is 0.571. The standard InChI is InChI=1S/C14H19Cl2NO2/c15-10-3-4-11(13(16)6-10)12(7-17)14(18)9-2-1-5-19-8-9/h3-4,6,9,12,14,18H,1-2,5,7-8,17H2. The molecule has 3 unspecified atom stereocenters. The van der Waals surface area contributed by atoms with E-state index in [-0.39, 0.29) is 11.8 Å².